The van der Waals surface area contributed by atoms with Crippen LogP contribution in [0.1, 0.15) is 15.9 Å². The van der Waals surface area contributed by atoms with Crippen molar-refractivity contribution in [2.75, 3.05) is 18.4 Å². The van der Waals surface area contributed by atoms with Gasteiger partial charge in [0, 0.05) is 16.2 Å². The number of benzene rings is 1. The van der Waals surface area contributed by atoms with Gasteiger partial charge in [0.2, 0.25) is 0 Å². The van der Waals surface area contributed by atoms with E-state index in [2.05, 4.69) is 10.5 Å². The van der Waals surface area contributed by atoms with E-state index in [1.54, 1.807) is 13.0 Å². The first-order chi connectivity index (χ1) is 13.8. The van der Waals surface area contributed by atoms with E-state index < -0.39 is 17.3 Å². The summed E-state index contributed by atoms with van der Waals surface area (Å²) in [5, 5.41) is 6.51. The molecule has 0 saturated carbocycles. The number of hydrazine groups is 1. The van der Waals surface area contributed by atoms with Gasteiger partial charge < -0.3 is 9.73 Å². The number of aryl methyl sites for hydroxylation is 1. The van der Waals surface area contributed by atoms with Gasteiger partial charge in [-0.05, 0) is 47.7 Å². The second-order valence-electron chi connectivity index (χ2n) is 6.31. The fourth-order valence-electron chi connectivity index (χ4n) is 2.90. The maximum Gasteiger partial charge on any atom is 0.275 e. The first kappa shape index (κ1) is 20.9. The smallest absolute Gasteiger partial charge is 0.275 e. The number of pyridine rings is 1. The van der Waals surface area contributed by atoms with E-state index in [-0.39, 0.29) is 41.1 Å². The van der Waals surface area contributed by atoms with Crippen molar-refractivity contribution in [1.82, 2.24) is 9.58 Å². The minimum Gasteiger partial charge on any atom is -0.463 e. The molecule has 3 aromatic rings. The van der Waals surface area contributed by atoms with Crippen molar-refractivity contribution in [3.05, 3.63) is 60.2 Å². The maximum atomic E-state index is 14.4. The Morgan fingerprint density at radius 1 is 1.45 bits per heavy atom. The topological polar surface area (TPSA) is 123 Å². The van der Waals surface area contributed by atoms with Gasteiger partial charge >= 0.3 is 0 Å². The van der Waals surface area contributed by atoms with Crippen LogP contribution in [0, 0.1) is 21.2 Å². The number of furan rings is 1. The third-order valence-corrected chi connectivity index (χ3v) is 5.05. The lowest BCUT2D eigenvalue weighted by atomic mass is 10.1. The first-order valence-electron chi connectivity index (χ1n) is 8.44. The molecule has 0 saturated heterocycles. The molecule has 0 aliphatic rings. The summed E-state index contributed by atoms with van der Waals surface area (Å²) < 4.78 is 21.8. The van der Waals surface area contributed by atoms with Crippen molar-refractivity contribution in [2.24, 2.45) is 18.1 Å². The van der Waals surface area contributed by atoms with Crippen molar-refractivity contribution in [3.63, 3.8) is 0 Å². The van der Waals surface area contributed by atoms with Crippen molar-refractivity contribution in [3.8, 4) is 0 Å². The highest BCUT2D eigenvalue weighted by Gasteiger charge is 2.27. The molecule has 0 bridgehead atoms. The number of nitrogens with zero attached hydrogens (tertiary/aromatic N) is 3. The lowest BCUT2D eigenvalue weighted by molar-refractivity contribution is 0.0761. The number of nitrogens with one attached hydrogen (secondary N) is 1. The molecule has 3 rings (SSSR count). The number of carbonyl (C=O) groups is 1. The Morgan fingerprint density at radius 3 is 2.83 bits per heavy atom. The van der Waals surface area contributed by atoms with Crippen molar-refractivity contribution in [1.29, 1.82) is 0 Å². The first-order valence-corrected chi connectivity index (χ1v) is 9.52. The van der Waals surface area contributed by atoms with Gasteiger partial charge in [-0.15, -0.1) is 0 Å². The second-order valence-corrected chi connectivity index (χ2v) is 7.56. The highest BCUT2D eigenvalue weighted by Crippen LogP contribution is 2.30. The molecule has 11 heteroatoms. The fraction of sp³-hybridized carbons (Fsp3) is 0.222. The van der Waals surface area contributed by atoms with Crippen LogP contribution in [-0.2, 0) is 7.05 Å². The number of nitroso groups, excluding NO2 is 1. The van der Waals surface area contributed by atoms with Gasteiger partial charge in [-0.1, -0.05) is 5.18 Å². The van der Waals surface area contributed by atoms with Crippen LogP contribution in [0.5, 0.6) is 0 Å². The summed E-state index contributed by atoms with van der Waals surface area (Å²) in [6.07, 6.45) is 1.35. The Morgan fingerprint density at radius 2 is 2.17 bits per heavy atom. The predicted octanol–water partition coefficient (Wildman–Crippen LogP) is 3.01. The van der Waals surface area contributed by atoms with Gasteiger partial charge in [-0.3, -0.25) is 19.2 Å². The summed E-state index contributed by atoms with van der Waals surface area (Å²) in [5.41, 5.74) is 0.157. The van der Waals surface area contributed by atoms with Gasteiger partial charge in [0.05, 0.1) is 23.9 Å². The molecule has 152 valence electrons. The highest BCUT2D eigenvalue weighted by molar-refractivity contribution is 14.1. The highest BCUT2D eigenvalue weighted by atomic mass is 127. The maximum absolute atomic E-state index is 14.4. The summed E-state index contributed by atoms with van der Waals surface area (Å²) in [6, 6.07) is 4.47. The SMILES string of the molecule is Cc1coc2c(C(=O)N(N)CCN=O)c(Nc3ccc(I)cc3F)n(C)c(=O)c12. The summed E-state index contributed by atoms with van der Waals surface area (Å²) in [4.78, 5) is 36.3. The standard InChI is InChI=1S/C18H17FIN5O4/c1-9-8-29-15-13(9)17(26)24(2)16(14(15)18(27)25(21)6-5-22-28)23-12-4-3-10(20)7-11(12)19/h3-4,7-8,23H,5-6,21H2,1-2H3. The van der Waals surface area contributed by atoms with Crippen molar-refractivity contribution in [2.45, 2.75) is 6.92 Å². The molecule has 3 N–H and O–H groups in total. The molecule has 0 aliphatic carbocycles. The van der Waals surface area contributed by atoms with E-state index in [0.717, 1.165) is 5.01 Å². The van der Waals surface area contributed by atoms with Crippen LogP contribution in [0.3, 0.4) is 0 Å². The quantitative estimate of drug-likeness (QED) is 0.172. The number of carbonyl (C=O) groups excluding carboxylic acids is 1. The van der Waals surface area contributed by atoms with E-state index in [0.29, 0.717) is 9.13 Å². The number of amides is 1. The van der Waals surface area contributed by atoms with E-state index >= 15 is 0 Å². The molecule has 1 amide bonds. The monoisotopic (exact) mass is 513 g/mol. The van der Waals surface area contributed by atoms with Crippen LogP contribution < -0.4 is 16.7 Å². The summed E-state index contributed by atoms with van der Waals surface area (Å²) in [7, 11) is 1.45. The molecule has 0 radical (unpaired) electrons. The Balaban J connectivity index is 2.24. The molecule has 9 nitrogen and oxygen atoms in total. The Kier molecular flexibility index (Phi) is 5.98. The lowest BCUT2D eigenvalue weighted by Gasteiger charge is -2.20. The number of nitrogens with two attached hydrogens (primary N) is 1. The number of aromatic nitrogens is 1. The molecule has 2 aromatic heterocycles. The normalized spacial score (nSPS) is 10.9. The van der Waals surface area contributed by atoms with Crippen molar-refractivity contribution < 1.29 is 13.6 Å². The van der Waals surface area contributed by atoms with E-state index in [1.807, 2.05) is 22.6 Å². The van der Waals surface area contributed by atoms with Crippen LogP contribution in [0.2, 0.25) is 0 Å². The zero-order valence-electron chi connectivity index (χ0n) is 15.5. The average molecular weight is 513 g/mol. The van der Waals surface area contributed by atoms with Gasteiger partial charge in [0.15, 0.2) is 5.58 Å². The third kappa shape index (κ3) is 3.87. The average Bonchev–Trinajstić information content (AvgIpc) is 3.06. The van der Waals surface area contributed by atoms with Gasteiger partial charge in [-0.25, -0.2) is 10.2 Å². The zero-order valence-corrected chi connectivity index (χ0v) is 17.7. The third-order valence-electron chi connectivity index (χ3n) is 4.38. The van der Waals surface area contributed by atoms with Gasteiger partial charge in [-0.2, -0.15) is 4.91 Å². The lowest BCUT2D eigenvalue weighted by Crippen LogP contribution is -2.40. The molecular weight excluding hydrogens is 496 g/mol. The summed E-state index contributed by atoms with van der Waals surface area (Å²) in [5.74, 6) is 4.52. The zero-order chi connectivity index (χ0) is 21.3. The summed E-state index contributed by atoms with van der Waals surface area (Å²) >= 11 is 1.97. The number of anilines is 2. The van der Waals surface area contributed by atoms with Gasteiger partial charge in [0.25, 0.3) is 11.5 Å². The van der Waals surface area contributed by atoms with Crippen LogP contribution in [0.4, 0.5) is 15.9 Å². The van der Waals surface area contributed by atoms with Crippen molar-refractivity contribution >= 4 is 51.0 Å². The molecule has 0 unspecified atom stereocenters. The van der Waals surface area contributed by atoms with Crippen LogP contribution in [0.25, 0.3) is 11.0 Å². The molecule has 1 aromatic carbocycles. The number of hydrogen-bond donors (Lipinski definition) is 2. The van der Waals surface area contributed by atoms with Crippen LogP contribution in [0.15, 0.2) is 38.9 Å². The number of hydrogen-bond acceptors (Lipinski definition) is 7. The number of fused-ring (bicyclic) bond motifs is 1. The minimum absolute atomic E-state index is 0.0106. The Hall–Kier alpha value is -2.80. The fourth-order valence-corrected chi connectivity index (χ4v) is 3.35. The second kappa shape index (κ2) is 8.29. The van der Waals surface area contributed by atoms with E-state index in [1.165, 1.54) is 30.0 Å². The molecule has 0 aliphatic heterocycles. The molecule has 29 heavy (non-hydrogen) atoms. The minimum atomic E-state index is -0.711. The molecule has 2 heterocycles. The molecule has 0 atom stereocenters. The van der Waals surface area contributed by atoms with Crippen LogP contribution >= 0.6 is 22.6 Å². The number of rotatable bonds is 6. The summed E-state index contributed by atoms with van der Waals surface area (Å²) in [6.45, 7) is 1.33. The molecule has 0 fully saturated rings. The largest absolute Gasteiger partial charge is 0.463 e. The Labute approximate surface area is 177 Å². The van der Waals surface area contributed by atoms with E-state index in [4.69, 9.17) is 10.3 Å². The molecule has 0 spiro atoms. The number of halogens is 2. The molecular formula is C18H17FIN5O4. The van der Waals surface area contributed by atoms with Crippen LogP contribution in [-0.4, -0.2) is 28.6 Å². The van der Waals surface area contributed by atoms with E-state index in [9.17, 15) is 18.9 Å². The van der Waals surface area contributed by atoms with Gasteiger partial charge in [0.1, 0.15) is 23.7 Å². The predicted molar refractivity (Wildman–Crippen MR) is 114 cm³/mol. The Bertz CT molecular complexity index is 1170.